The molecule has 0 aromatic heterocycles. The smallest absolute Gasteiger partial charge is 0.260 e. The zero-order valence-electron chi connectivity index (χ0n) is 16.9. The van der Waals surface area contributed by atoms with Gasteiger partial charge in [0, 0.05) is 38.0 Å². The largest absolute Gasteiger partial charge is 0.772 e. The average molecular weight is 434 g/mol. The Labute approximate surface area is 178 Å². The highest BCUT2D eigenvalue weighted by atomic mass is 32.2. The molecule has 1 heterocycles. The van der Waals surface area contributed by atoms with Crippen LogP contribution in [0.25, 0.3) is 0 Å². The number of oxime groups is 1. The minimum Gasteiger partial charge on any atom is -0.772 e. The van der Waals surface area contributed by atoms with Crippen LogP contribution in [-0.2, 0) is 25.4 Å². The topological polar surface area (TPSA) is 120 Å². The molecule has 0 saturated heterocycles. The van der Waals surface area contributed by atoms with Gasteiger partial charge in [-0.05, 0) is 54.5 Å². The van der Waals surface area contributed by atoms with Crippen molar-refractivity contribution in [2.45, 2.75) is 43.5 Å². The lowest BCUT2D eigenvalue weighted by atomic mass is 9.76. The molecule has 1 aromatic carbocycles. The van der Waals surface area contributed by atoms with Crippen LogP contribution in [0, 0.1) is 23.7 Å². The van der Waals surface area contributed by atoms with Crippen LogP contribution in [0.4, 0.5) is 0 Å². The molecule has 3 rings (SSSR count). The predicted octanol–water partition coefficient (Wildman–Crippen LogP) is 1.74. The highest BCUT2D eigenvalue weighted by molar-refractivity contribution is 7.81. The molecule has 30 heavy (non-hydrogen) atoms. The van der Waals surface area contributed by atoms with Crippen molar-refractivity contribution >= 4 is 22.7 Å². The normalized spacial score (nSPS) is 25.6. The molecule has 0 bridgehead atoms. The predicted molar refractivity (Wildman–Crippen MR) is 109 cm³/mol. The number of rotatable bonds is 7. The van der Waals surface area contributed by atoms with E-state index in [-0.39, 0.29) is 6.42 Å². The molecule has 2 N–H and O–H groups in total. The van der Waals surface area contributed by atoms with Crippen molar-refractivity contribution in [3.63, 3.8) is 0 Å². The first kappa shape index (κ1) is 22.4. The number of nitrogens with zero attached hydrogens (tertiary/aromatic N) is 1. The highest BCUT2D eigenvalue weighted by Gasteiger charge is 2.40. The third-order valence-electron chi connectivity index (χ3n) is 5.58. The molecule has 1 aliphatic heterocycles. The first-order valence-electron chi connectivity index (χ1n) is 9.73. The van der Waals surface area contributed by atoms with E-state index in [0.717, 1.165) is 30.6 Å². The van der Waals surface area contributed by atoms with Crippen LogP contribution in [0.5, 0.6) is 0 Å². The van der Waals surface area contributed by atoms with Gasteiger partial charge in [-0.1, -0.05) is 29.1 Å². The lowest BCUT2D eigenvalue weighted by Crippen LogP contribution is -2.48. The molecular formula is C21H25N2O6S-. The van der Waals surface area contributed by atoms with Gasteiger partial charge in [0.2, 0.25) is 0 Å². The van der Waals surface area contributed by atoms with Gasteiger partial charge in [-0.2, -0.15) is 0 Å². The summed E-state index contributed by atoms with van der Waals surface area (Å²) in [7, 11) is 1.72. The van der Waals surface area contributed by atoms with Crippen LogP contribution in [-0.4, -0.2) is 50.2 Å². The maximum atomic E-state index is 11.8. The van der Waals surface area contributed by atoms with Gasteiger partial charge in [0.05, 0.1) is 5.71 Å². The van der Waals surface area contributed by atoms with Gasteiger partial charge in [-0.25, -0.2) is 5.48 Å². The van der Waals surface area contributed by atoms with E-state index in [4.69, 9.17) is 14.8 Å². The van der Waals surface area contributed by atoms with Crippen molar-refractivity contribution in [1.29, 1.82) is 0 Å². The Kier molecular flexibility index (Phi) is 7.26. The highest BCUT2D eigenvalue weighted by Crippen LogP contribution is 2.33. The summed E-state index contributed by atoms with van der Waals surface area (Å²) in [5, 5.41) is 12.9. The zero-order valence-corrected chi connectivity index (χ0v) is 17.7. The van der Waals surface area contributed by atoms with Crippen LogP contribution in [0.2, 0.25) is 0 Å². The van der Waals surface area contributed by atoms with Gasteiger partial charge >= 0.3 is 0 Å². The Morgan fingerprint density at radius 1 is 1.43 bits per heavy atom. The average Bonchev–Trinajstić information content (AvgIpc) is 3.17. The van der Waals surface area contributed by atoms with Crippen molar-refractivity contribution in [3.05, 3.63) is 35.4 Å². The van der Waals surface area contributed by atoms with E-state index in [1.54, 1.807) is 7.11 Å². The number of benzene rings is 1. The fourth-order valence-electron chi connectivity index (χ4n) is 3.65. The standard InChI is InChI=1S/C21H26N2O6S/c1-21(30(26)27,20(24)22-25)12-18-11-19(23-29-18)17-7-5-14(6-8-17)3-4-15-9-16(10-15)13-28-2/h5-8,15-16,18,25H,9-13H2,1-2H3,(H,22,24)(H,26,27)/p-1. The first-order chi connectivity index (χ1) is 14.4. The van der Waals surface area contributed by atoms with Gasteiger partial charge in [-0.15, -0.1) is 0 Å². The summed E-state index contributed by atoms with van der Waals surface area (Å²) >= 11 is -2.74. The van der Waals surface area contributed by atoms with E-state index >= 15 is 0 Å². The molecule has 3 atom stereocenters. The quantitative estimate of drug-likeness (QED) is 0.292. The molecule has 3 unspecified atom stereocenters. The molecule has 1 fully saturated rings. The number of nitrogens with one attached hydrogen (secondary N) is 1. The second kappa shape index (κ2) is 9.71. The fraction of sp³-hybridized carbons (Fsp3) is 0.524. The monoisotopic (exact) mass is 433 g/mol. The molecule has 162 valence electrons. The van der Waals surface area contributed by atoms with Crippen molar-refractivity contribution in [3.8, 4) is 11.8 Å². The van der Waals surface area contributed by atoms with Crippen LogP contribution in [0.15, 0.2) is 29.4 Å². The van der Waals surface area contributed by atoms with Gasteiger partial charge in [0.15, 0.2) is 0 Å². The summed E-state index contributed by atoms with van der Waals surface area (Å²) in [6.45, 7) is 2.03. The van der Waals surface area contributed by atoms with E-state index in [1.807, 2.05) is 24.3 Å². The molecule has 1 aromatic rings. The minimum absolute atomic E-state index is 0.127. The number of methoxy groups -OCH3 is 1. The summed E-state index contributed by atoms with van der Waals surface area (Å²) in [4.78, 5) is 17.1. The molecule has 8 nitrogen and oxygen atoms in total. The van der Waals surface area contributed by atoms with E-state index in [1.165, 1.54) is 12.4 Å². The van der Waals surface area contributed by atoms with Gasteiger partial charge in [-0.3, -0.25) is 14.2 Å². The van der Waals surface area contributed by atoms with Gasteiger partial charge in [0.25, 0.3) is 5.91 Å². The lowest BCUT2D eigenvalue weighted by molar-refractivity contribution is -0.132. The molecule has 1 amide bonds. The third kappa shape index (κ3) is 5.08. The molecule has 2 aliphatic rings. The lowest BCUT2D eigenvalue weighted by Gasteiger charge is -2.30. The van der Waals surface area contributed by atoms with E-state index in [9.17, 15) is 13.6 Å². The van der Waals surface area contributed by atoms with Gasteiger partial charge in [0.1, 0.15) is 10.9 Å². The SMILES string of the molecule is COCC1CC(C#Cc2ccc(C3=NOC(CC(C)(C(=O)NO)S(=O)[O-])C3)cc2)C1. The summed E-state index contributed by atoms with van der Waals surface area (Å²) < 4.78 is 26.3. The molecule has 0 radical (unpaired) electrons. The number of amides is 1. The number of hydrogen-bond donors (Lipinski definition) is 2. The summed E-state index contributed by atoms with van der Waals surface area (Å²) in [6, 6.07) is 7.63. The van der Waals surface area contributed by atoms with Crippen molar-refractivity contribution < 1.29 is 28.3 Å². The van der Waals surface area contributed by atoms with Crippen LogP contribution in [0.3, 0.4) is 0 Å². The van der Waals surface area contributed by atoms with Crippen LogP contribution >= 0.6 is 0 Å². The number of carbonyl (C=O) groups is 1. The number of ether oxygens (including phenoxy) is 1. The first-order valence-corrected chi connectivity index (χ1v) is 10.8. The zero-order chi connectivity index (χ0) is 21.7. The maximum Gasteiger partial charge on any atom is 0.260 e. The number of carbonyl (C=O) groups excluding carboxylic acids is 1. The third-order valence-corrected chi connectivity index (χ3v) is 6.66. The second-order valence-corrected chi connectivity index (χ2v) is 9.29. The number of hydrogen-bond acceptors (Lipinski definition) is 7. The van der Waals surface area contributed by atoms with Crippen LogP contribution < -0.4 is 5.48 Å². The Morgan fingerprint density at radius 3 is 2.73 bits per heavy atom. The van der Waals surface area contributed by atoms with Crippen molar-refractivity contribution in [1.82, 2.24) is 5.48 Å². The van der Waals surface area contributed by atoms with E-state index in [2.05, 4.69) is 17.0 Å². The van der Waals surface area contributed by atoms with Crippen molar-refractivity contribution in [2.75, 3.05) is 13.7 Å². The number of hydroxylamine groups is 1. The maximum absolute atomic E-state index is 11.8. The molecule has 1 aliphatic carbocycles. The molecular weight excluding hydrogens is 408 g/mol. The Morgan fingerprint density at radius 2 is 2.13 bits per heavy atom. The molecule has 1 saturated carbocycles. The fourth-order valence-corrected chi connectivity index (χ4v) is 4.17. The Balaban J connectivity index is 1.56. The second-order valence-electron chi connectivity index (χ2n) is 7.92. The van der Waals surface area contributed by atoms with Crippen LogP contribution in [0.1, 0.15) is 43.7 Å². The van der Waals surface area contributed by atoms with Crippen molar-refractivity contribution in [2.24, 2.45) is 17.0 Å². The summed E-state index contributed by atoms with van der Waals surface area (Å²) in [6.07, 6.45) is 1.81. The molecule has 9 heteroatoms. The summed E-state index contributed by atoms with van der Waals surface area (Å²) in [5.74, 6) is 6.54. The minimum atomic E-state index is -2.74. The Hall–Kier alpha value is -2.25. The Bertz CT molecular complexity index is 885. The molecule has 0 spiro atoms. The van der Waals surface area contributed by atoms with E-state index in [0.29, 0.717) is 24.0 Å². The summed E-state index contributed by atoms with van der Waals surface area (Å²) in [5.41, 5.74) is 3.84. The van der Waals surface area contributed by atoms with E-state index < -0.39 is 27.8 Å². The van der Waals surface area contributed by atoms with Gasteiger partial charge < -0.3 is 14.1 Å².